The van der Waals surface area contributed by atoms with Gasteiger partial charge in [-0.3, -0.25) is 4.79 Å². The maximum atomic E-state index is 11.0. The first-order valence-corrected chi connectivity index (χ1v) is 5.11. The number of nitrogens with zero attached hydrogens (tertiary/aromatic N) is 2. The lowest BCUT2D eigenvalue weighted by Gasteiger charge is -2.04. The van der Waals surface area contributed by atoms with Crippen LogP contribution in [-0.4, -0.2) is 36.8 Å². The summed E-state index contributed by atoms with van der Waals surface area (Å²) in [5, 5.41) is 0.284. The molecule has 88 valence electrons. The third kappa shape index (κ3) is 3.75. The summed E-state index contributed by atoms with van der Waals surface area (Å²) >= 11 is 5.91. The summed E-state index contributed by atoms with van der Waals surface area (Å²) in [5.74, 6) is 0.232. The Morgan fingerprint density at radius 3 is 2.81 bits per heavy atom. The zero-order valence-corrected chi connectivity index (χ0v) is 9.95. The Labute approximate surface area is 98.8 Å². The number of hydrogen-bond acceptors (Lipinski definition) is 5. The normalized spacial score (nSPS) is 10.2. The molecule has 6 heteroatoms. The molecule has 0 aliphatic heterocycles. The second-order valence-corrected chi connectivity index (χ2v) is 3.46. The number of ether oxygens (including phenoxy) is 2. The largest absolute Gasteiger partial charge is 0.469 e. The summed E-state index contributed by atoms with van der Waals surface area (Å²) in [4.78, 5) is 19.2. The van der Waals surface area contributed by atoms with E-state index in [4.69, 9.17) is 16.3 Å². The minimum atomic E-state index is -0.366. The number of carbonyl (C=O) groups excluding carboxylic acids is 1. The highest BCUT2D eigenvalue weighted by molar-refractivity contribution is 6.30. The van der Waals surface area contributed by atoms with Crippen LogP contribution in [0.2, 0.25) is 5.15 Å². The fraction of sp³-hybridized carbons (Fsp3) is 0.500. The molecule has 0 saturated heterocycles. The summed E-state index contributed by atoms with van der Waals surface area (Å²) in [7, 11) is 2.93. The molecule has 0 bridgehead atoms. The van der Waals surface area contributed by atoms with E-state index < -0.39 is 0 Å². The van der Waals surface area contributed by atoms with Crippen LogP contribution in [0, 0.1) is 0 Å². The highest BCUT2D eigenvalue weighted by Crippen LogP contribution is 2.13. The highest BCUT2D eigenvalue weighted by Gasteiger charge is 2.09. The summed E-state index contributed by atoms with van der Waals surface area (Å²) in [6.07, 6.45) is 2.21. The van der Waals surface area contributed by atoms with Gasteiger partial charge in [0.2, 0.25) is 0 Å². The monoisotopic (exact) mass is 244 g/mol. The molecule has 5 nitrogen and oxygen atoms in total. The quantitative estimate of drug-likeness (QED) is 0.572. The van der Waals surface area contributed by atoms with E-state index >= 15 is 0 Å². The van der Waals surface area contributed by atoms with Crippen molar-refractivity contribution >= 4 is 17.6 Å². The molecule has 1 heterocycles. The molecular weight excluding hydrogens is 232 g/mol. The van der Waals surface area contributed by atoms with E-state index in [9.17, 15) is 4.79 Å². The van der Waals surface area contributed by atoms with Gasteiger partial charge in [0.1, 0.15) is 11.0 Å². The van der Waals surface area contributed by atoms with Gasteiger partial charge >= 0.3 is 5.97 Å². The second-order valence-electron chi connectivity index (χ2n) is 3.10. The van der Waals surface area contributed by atoms with Gasteiger partial charge in [0.15, 0.2) is 0 Å². The fourth-order valence-corrected chi connectivity index (χ4v) is 1.29. The molecule has 0 spiro atoms. The molecule has 0 aliphatic rings. The predicted octanol–water partition coefficient (Wildman–Crippen LogP) is 1.03. The number of halogens is 1. The van der Waals surface area contributed by atoms with Crippen LogP contribution in [0.25, 0.3) is 0 Å². The summed E-state index contributed by atoms with van der Waals surface area (Å²) in [5.41, 5.74) is 0.565. The zero-order chi connectivity index (χ0) is 12.0. The van der Waals surface area contributed by atoms with E-state index in [2.05, 4.69) is 14.7 Å². The van der Waals surface area contributed by atoms with Crippen LogP contribution in [0.1, 0.15) is 11.4 Å². The molecule has 16 heavy (non-hydrogen) atoms. The Morgan fingerprint density at radius 1 is 1.50 bits per heavy atom. The Balaban J connectivity index is 2.71. The van der Waals surface area contributed by atoms with E-state index in [0.717, 1.165) is 0 Å². The maximum absolute atomic E-state index is 11.0. The molecule has 0 saturated carbocycles. The van der Waals surface area contributed by atoms with Crippen molar-refractivity contribution < 1.29 is 14.3 Å². The smallest absolute Gasteiger partial charge is 0.310 e. The summed E-state index contributed by atoms with van der Waals surface area (Å²) in [6, 6.07) is 0. The average Bonchev–Trinajstić information content (AvgIpc) is 2.29. The highest BCUT2D eigenvalue weighted by atomic mass is 35.5. The second kappa shape index (κ2) is 6.40. The van der Waals surface area contributed by atoms with Crippen molar-refractivity contribution in [1.29, 1.82) is 0 Å². The molecule has 1 aromatic heterocycles. The van der Waals surface area contributed by atoms with E-state index in [-0.39, 0.29) is 17.5 Å². The van der Waals surface area contributed by atoms with Crippen LogP contribution >= 0.6 is 11.6 Å². The van der Waals surface area contributed by atoms with Crippen LogP contribution in [-0.2, 0) is 27.1 Å². The molecule has 0 fully saturated rings. The van der Waals surface area contributed by atoms with E-state index in [1.807, 2.05) is 0 Å². The molecule has 1 rings (SSSR count). The molecule has 0 radical (unpaired) electrons. The third-order valence-corrected chi connectivity index (χ3v) is 2.28. The van der Waals surface area contributed by atoms with Gasteiger partial charge in [0.05, 0.1) is 20.1 Å². The fourth-order valence-electron chi connectivity index (χ4n) is 1.08. The van der Waals surface area contributed by atoms with Crippen molar-refractivity contribution in [3.63, 3.8) is 0 Å². The van der Waals surface area contributed by atoms with Gasteiger partial charge in [0.25, 0.3) is 0 Å². The summed E-state index contributed by atoms with van der Waals surface area (Å²) in [6.45, 7) is 0.534. The van der Waals surface area contributed by atoms with E-state index in [0.29, 0.717) is 24.4 Å². The Morgan fingerprint density at radius 2 is 2.25 bits per heavy atom. The molecule has 0 aromatic carbocycles. The lowest BCUT2D eigenvalue weighted by molar-refractivity contribution is -0.139. The SMILES string of the molecule is COCCc1ncc(CC(=O)OC)c(Cl)n1. The number of hydrogen-bond donors (Lipinski definition) is 0. The number of carbonyl (C=O) groups is 1. The third-order valence-electron chi connectivity index (χ3n) is 1.95. The minimum Gasteiger partial charge on any atom is -0.469 e. The minimum absolute atomic E-state index is 0.0832. The van der Waals surface area contributed by atoms with Crippen LogP contribution < -0.4 is 0 Å². The van der Waals surface area contributed by atoms with Gasteiger partial charge in [-0.25, -0.2) is 9.97 Å². The molecule has 0 aliphatic carbocycles. The molecule has 0 amide bonds. The van der Waals surface area contributed by atoms with Crippen molar-refractivity contribution in [3.8, 4) is 0 Å². The van der Waals surface area contributed by atoms with Crippen LogP contribution in [0.15, 0.2) is 6.20 Å². The molecule has 0 N–H and O–H groups in total. The maximum Gasteiger partial charge on any atom is 0.310 e. The van der Waals surface area contributed by atoms with Gasteiger partial charge < -0.3 is 9.47 Å². The van der Waals surface area contributed by atoms with Gasteiger partial charge in [-0.05, 0) is 0 Å². The average molecular weight is 245 g/mol. The van der Waals surface area contributed by atoms with Gasteiger partial charge in [-0.1, -0.05) is 11.6 Å². The van der Waals surface area contributed by atoms with E-state index in [1.165, 1.54) is 13.3 Å². The van der Waals surface area contributed by atoms with Crippen molar-refractivity contribution in [1.82, 2.24) is 9.97 Å². The first-order chi connectivity index (χ1) is 7.67. The molecule has 0 unspecified atom stereocenters. The van der Waals surface area contributed by atoms with Crippen molar-refractivity contribution in [2.24, 2.45) is 0 Å². The first-order valence-electron chi connectivity index (χ1n) is 4.73. The van der Waals surface area contributed by atoms with E-state index in [1.54, 1.807) is 7.11 Å². The van der Waals surface area contributed by atoms with Crippen molar-refractivity contribution in [3.05, 3.63) is 22.7 Å². The molecule has 0 atom stereocenters. The van der Waals surface area contributed by atoms with Crippen LogP contribution in [0.4, 0.5) is 0 Å². The number of methoxy groups -OCH3 is 2. The van der Waals surface area contributed by atoms with Gasteiger partial charge in [-0.15, -0.1) is 0 Å². The standard InChI is InChI=1S/C10H13ClN2O3/c1-15-4-3-8-12-6-7(10(11)13-8)5-9(14)16-2/h6H,3-5H2,1-2H3. The van der Waals surface area contributed by atoms with Crippen LogP contribution in [0.5, 0.6) is 0 Å². The predicted molar refractivity (Wildman–Crippen MR) is 58.3 cm³/mol. The first kappa shape index (κ1) is 12.9. The Kier molecular flexibility index (Phi) is 5.14. The number of aromatic nitrogens is 2. The van der Waals surface area contributed by atoms with Gasteiger partial charge in [0, 0.05) is 25.3 Å². The van der Waals surface area contributed by atoms with Crippen molar-refractivity contribution in [2.45, 2.75) is 12.8 Å². The lowest BCUT2D eigenvalue weighted by Crippen LogP contribution is -2.08. The molecule has 1 aromatic rings. The molecular formula is C10H13ClN2O3. The zero-order valence-electron chi connectivity index (χ0n) is 9.20. The van der Waals surface area contributed by atoms with Crippen LogP contribution in [0.3, 0.4) is 0 Å². The lowest BCUT2D eigenvalue weighted by atomic mass is 10.2. The van der Waals surface area contributed by atoms with Crippen molar-refractivity contribution in [2.75, 3.05) is 20.8 Å². The summed E-state index contributed by atoms with van der Waals surface area (Å²) < 4.78 is 9.43. The number of esters is 1. The number of rotatable bonds is 5. The Hall–Kier alpha value is -1.20. The topological polar surface area (TPSA) is 61.3 Å². The Bertz CT molecular complexity index is 371. The van der Waals surface area contributed by atoms with Gasteiger partial charge in [-0.2, -0.15) is 0 Å².